The second-order valence-corrected chi connectivity index (χ2v) is 16.9. The summed E-state index contributed by atoms with van der Waals surface area (Å²) < 4.78 is 12.4. The quantitative estimate of drug-likeness (QED) is 0.210. The molecule has 3 aliphatic rings. The molecule has 6 nitrogen and oxygen atoms in total. The van der Waals surface area contributed by atoms with Crippen molar-refractivity contribution in [2.75, 3.05) is 20.2 Å². The number of nitrogens with zero attached hydrogens (tertiary/aromatic N) is 2. The van der Waals surface area contributed by atoms with Crippen LogP contribution in [0.1, 0.15) is 103 Å². The molecule has 0 unspecified atom stereocenters. The zero-order valence-electron chi connectivity index (χ0n) is 29.9. The first kappa shape index (κ1) is 34.0. The van der Waals surface area contributed by atoms with Gasteiger partial charge in [0, 0.05) is 35.9 Å². The van der Waals surface area contributed by atoms with Gasteiger partial charge in [-0.2, -0.15) is 0 Å². The number of benzene rings is 2. The summed E-state index contributed by atoms with van der Waals surface area (Å²) in [5.74, 6) is 1.74. The highest BCUT2D eigenvalue weighted by molar-refractivity contribution is 5.84. The number of pyridine rings is 1. The molecular formula is C40H56N3O3+. The van der Waals surface area contributed by atoms with E-state index in [0.29, 0.717) is 11.8 Å². The predicted molar refractivity (Wildman–Crippen MR) is 188 cm³/mol. The summed E-state index contributed by atoms with van der Waals surface area (Å²) in [7, 11) is 1.69. The summed E-state index contributed by atoms with van der Waals surface area (Å²) in [5, 5.41) is 4.41. The standard InChI is InChI=1S/C40H55N3O3/c1-12-27-25-43(24-26-19-29(38(2,3)4)22-30(20-26)39(5,6)7)18-16-28(27)21-35(43)36(42-37(44)46-40(8,9)10)32-15-17-41-34-14-13-31(45-11)23-33(32)34/h12-15,17,19-20,22-23,27-28,35-36H,1,16,18,21,24-25H2,2-11H3/p+1/t27-,28-,35-,36-,43+/m0/s1. The SMILES string of the molecule is C=C[C@H]1C[N@+]2(Cc3cc(C(C)(C)C)cc(C(C)(C)C)c3)CC[C@H]1C[C@H]2[C@@H](NC(=O)OC(C)(C)C)c1ccnc2ccc(OC)cc12. The first-order chi connectivity index (χ1) is 21.4. The minimum Gasteiger partial charge on any atom is -0.497 e. The van der Waals surface area contributed by atoms with Gasteiger partial charge in [-0.1, -0.05) is 53.7 Å². The summed E-state index contributed by atoms with van der Waals surface area (Å²) in [5.41, 5.74) is 5.49. The maximum Gasteiger partial charge on any atom is 0.408 e. The molecule has 3 aliphatic heterocycles. The minimum absolute atomic E-state index is 0.0315. The average molecular weight is 627 g/mol. The summed E-state index contributed by atoms with van der Waals surface area (Å²) in [6.45, 7) is 26.8. The van der Waals surface area contributed by atoms with E-state index in [1.54, 1.807) is 7.11 Å². The van der Waals surface area contributed by atoms with E-state index in [4.69, 9.17) is 9.47 Å². The zero-order chi connectivity index (χ0) is 33.7. The van der Waals surface area contributed by atoms with Crippen molar-refractivity contribution in [3.05, 3.63) is 83.6 Å². The van der Waals surface area contributed by atoms with E-state index in [0.717, 1.165) is 59.2 Å². The number of carbonyl (C=O) groups excluding carboxylic acids is 1. The fraction of sp³-hybridized carbons (Fsp3) is 0.550. The number of rotatable bonds is 7. The molecule has 0 radical (unpaired) electrons. The normalized spacial score (nSPS) is 24.0. The Morgan fingerprint density at radius 3 is 2.28 bits per heavy atom. The minimum atomic E-state index is -0.610. The lowest BCUT2D eigenvalue weighted by Crippen LogP contribution is -2.69. The molecule has 1 N–H and O–H groups in total. The van der Waals surface area contributed by atoms with Crippen LogP contribution in [0.25, 0.3) is 10.9 Å². The van der Waals surface area contributed by atoms with Crippen LogP contribution in [0.15, 0.2) is 61.3 Å². The van der Waals surface area contributed by atoms with Gasteiger partial charge in [0.25, 0.3) is 0 Å². The molecule has 1 amide bonds. The summed E-state index contributed by atoms with van der Waals surface area (Å²) >= 11 is 0. The van der Waals surface area contributed by atoms with Gasteiger partial charge in [0.2, 0.25) is 0 Å². The number of carbonyl (C=O) groups is 1. The molecule has 0 spiro atoms. The second-order valence-electron chi connectivity index (χ2n) is 16.9. The van der Waals surface area contributed by atoms with Gasteiger partial charge in [0.15, 0.2) is 0 Å². The van der Waals surface area contributed by atoms with Crippen molar-refractivity contribution >= 4 is 17.0 Å². The summed E-state index contributed by atoms with van der Waals surface area (Å²) in [4.78, 5) is 18.3. The Kier molecular flexibility index (Phi) is 9.11. The van der Waals surface area contributed by atoms with Crippen LogP contribution in [0.4, 0.5) is 4.79 Å². The Bertz CT molecular complexity index is 1560. The number of piperidine rings is 3. The Hall–Kier alpha value is -3.38. The number of hydrogen-bond donors (Lipinski definition) is 1. The highest BCUT2D eigenvalue weighted by atomic mass is 16.6. The molecule has 3 aromatic rings. The molecule has 5 atom stereocenters. The van der Waals surface area contributed by atoms with E-state index in [-0.39, 0.29) is 22.9 Å². The van der Waals surface area contributed by atoms with Crippen molar-refractivity contribution in [1.29, 1.82) is 0 Å². The fourth-order valence-corrected chi connectivity index (χ4v) is 7.78. The molecule has 0 saturated carbocycles. The van der Waals surface area contributed by atoms with Crippen molar-refractivity contribution in [3.63, 3.8) is 0 Å². The third kappa shape index (κ3) is 7.12. The monoisotopic (exact) mass is 626 g/mol. The Balaban J connectivity index is 1.68. The lowest BCUT2D eigenvalue weighted by atomic mass is 9.70. The molecule has 0 aliphatic carbocycles. The third-order valence-corrected chi connectivity index (χ3v) is 10.3. The van der Waals surface area contributed by atoms with Crippen LogP contribution in [0.3, 0.4) is 0 Å². The molecule has 3 saturated heterocycles. The van der Waals surface area contributed by atoms with Gasteiger partial charge in [-0.25, -0.2) is 4.79 Å². The van der Waals surface area contributed by atoms with Gasteiger partial charge in [-0.3, -0.25) is 4.98 Å². The maximum atomic E-state index is 13.6. The number of alkyl carbamates (subject to hydrolysis) is 1. The number of quaternary nitrogens is 1. The van der Waals surface area contributed by atoms with Crippen molar-refractivity contribution in [2.45, 2.75) is 110 Å². The predicted octanol–water partition coefficient (Wildman–Crippen LogP) is 9.02. The van der Waals surface area contributed by atoms with Gasteiger partial charge < -0.3 is 19.3 Å². The highest BCUT2D eigenvalue weighted by Crippen LogP contribution is 2.48. The van der Waals surface area contributed by atoms with Gasteiger partial charge >= 0.3 is 6.09 Å². The lowest BCUT2D eigenvalue weighted by Gasteiger charge is -2.59. The number of hydrogen-bond acceptors (Lipinski definition) is 4. The number of ether oxygens (including phenoxy) is 2. The van der Waals surface area contributed by atoms with Crippen LogP contribution >= 0.6 is 0 Å². The number of fused-ring (bicyclic) bond motifs is 4. The van der Waals surface area contributed by atoms with Crippen molar-refractivity contribution in [2.24, 2.45) is 11.8 Å². The van der Waals surface area contributed by atoms with E-state index >= 15 is 0 Å². The van der Waals surface area contributed by atoms with Crippen LogP contribution in [0, 0.1) is 11.8 Å². The zero-order valence-corrected chi connectivity index (χ0v) is 29.9. The molecule has 46 heavy (non-hydrogen) atoms. The van der Waals surface area contributed by atoms with Crippen LogP contribution < -0.4 is 10.1 Å². The van der Waals surface area contributed by atoms with Crippen molar-refractivity contribution in [3.8, 4) is 5.75 Å². The molecule has 2 bridgehead atoms. The largest absolute Gasteiger partial charge is 0.497 e. The topological polar surface area (TPSA) is 60.5 Å². The fourth-order valence-electron chi connectivity index (χ4n) is 7.78. The Morgan fingerprint density at radius 1 is 1.02 bits per heavy atom. The van der Waals surface area contributed by atoms with Gasteiger partial charge in [0.1, 0.15) is 30.0 Å². The number of amides is 1. The first-order valence-electron chi connectivity index (χ1n) is 17.0. The number of aromatic nitrogens is 1. The lowest BCUT2D eigenvalue weighted by molar-refractivity contribution is -0.983. The molecular weight excluding hydrogens is 570 g/mol. The molecule has 6 heteroatoms. The summed E-state index contributed by atoms with van der Waals surface area (Å²) in [6.07, 6.45) is 5.81. The molecule has 6 rings (SSSR count). The van der Waals surface area contributed by atoms with Crippen molar-refractivity contribution < 1.29 is 18.8 Å². The van der Waals surface area contributed by atoms with Crippen LogP contribution in [-0.2, 0) is 22.1 Å². The van der Waals surface area contributed by atoms with Crippen LogP contribution in [0.5, 0.6) is 5.75 Å². The molecule has 1 aromatic heterocycles. The van der Waals surface area contributed by atoms with E-state index in [9.17, 15) is 4.79 Å². The van der Waals surface area contributed by atoms with E-state index in [2.05, 4.69) is 94.8 Å². The molecule has 3 fully saturated rings. The Labute approximate surface area is 277 Å². The molecule has 2 aromatic carbocycles. The summed E-state index contributed by atoms with van der Waals surface area (Å²) in [6, 6.07) is 15.2. The molecule has 4 heterocycles. The second kappa shape index (κ2) is 12.3. The van der Waals surface area contributed by atoms with E-state index in [1.807, 2.05) is 39.1 Å². The highest BCUT2D eigenvalue weighted by Gasteiger charge is 2.55. The van der Waals surface area contributed by atoms with Gasteiger partial charge in [-0.05, 0) is 90.6 Å². The van der Waals surface area contributed by atoms with E-state index < -0.39 is 11.7 Å². The van der Waals surface area contributed by atoms with Crippen molar-refractivity contribution in [1.82, 2.24) is 10.3 Å². The average Bonchev–Trinajstić information content (AvgIpc) is 2.97. The smallest absolute Gasteiger partial charge is 0.408 e. The van der Waals surface area contributed by atoms with Crippen LogP contribution in [0.2, 0.25) is 0 Å². The number of nitrogens with one attached hydrogen (secondary N) is 1. The number of methoxy groups -OCH3 is 1. The third-order valence-electron chi connectivity index (χ3n) is 10.3. The Morgan fingerprint density at radius 2 is 1.70 bits per heavy atom. The van der Waals surface area contributed by atoms with E-state index in [1.165, 1.54) is 16.7 Å². The van der Waals surface area contributed by atoms with Gasteiger partial charge in [0.05, 0.1) is 25.7 Å². The van der Waals surface area contributed by atoms with Gasteiger partial charge in [-0.15, -0.1) is 6.58 Å². The van der Waals surface area contributed by atoms with Crippen LogP contribution in [-0.4, -0.2) is 47.4 Å². The molecule has 248 valence electrons. The first-order valence-corrected chi connectivity index (χ1v) is 17.0. The maximum absolute atomic E-state index is 13.6.